The number of anilines is 1. The lowest BCUT2D eigenvalue weighted by molar-refractivity contribution is 0.327. The van der Waals surface area contributed by atoms with Crippen molar-refractivity contribution in [3.05, 3.63) is 34.1 Å². The molecule has 0 aliphatic carbocycles. The molecule has 0 radical (unpaired) electrons. The summed E-state index contributed by atoms with van der Waals surface area (Å²) in [6.45, 7) is 1.77. The number of nitriles is 1. The van der Waals surface area contributed by atoms with Crippen LogP contribution < -0.4 is 15.2 Å². The molecule has 0 fully saturated rings. The molecular formula is C14H14BrN5O2. The fourth-order valence-corrected chi connectivity index (χ4v) is 2.36. The Morgan fingerprint density at radius 1 is 1.55 bits per heavy atom. The Morgan fingerprint density at radius 2 is 2.32 bits per heavy atom. The van der Waals surface area contributed by atoms with E-state index in [1.165, 1.54) is 11.8 Å². The predicted octanol–water partition coefficient (Wildman–Crippen LogP) is 2.33. The number of nitrogens with two attached hydrogens (primary N) is 1. The smallest absolute Gasteiger partial charge is 0.221 e. The van der Waals surface area contributed by atoms with Crippen molar-refractivity contribution in [3.63, 3.8) is 0 Å². The molecule has 0 aliphatic rings. The van der Waals surface area contributed by atoms with Crippen LogP contribution in [0.2, 0.25) is 0 Å². The quantitative estimate of drug-likeness (QED) is 0.821. The molecule has 0 aliphatic heterocycles. The van der Waals surface area contributed by atoms with Gasteiger partial charge < -0.3 is 15.2 Å². The second-order valence-electron chi connectivity index (χ2n) is 4.31. The third kappa shape index (κ3) is 3.56. The van der Waals surface area contributed by atoms with Crippen LogP contribution in [0.3, 0.4) is 0 Å². The van der Waals surface area contributed by atoms with Gasteiger partial charge >= 0.3 is 0 Å². The van der Waals surface area contributed by atoms with Crippen molar-refractivity contribution in [2.24, 2.45) is 5.10 Å². The Balaban J connectivity index is 2.31. The summed E-state index contributed by atoms with van der Waals surface area (Å²) in [4.78, 5) is 4.06. The summed E-state index contributed by atoms with van der Waals surface area (Å²) in [6, 6.07) is 5.47. The highest BCUT2D eigenvalue weighted by atomic mass is 79.9. The van der Waals surface area contributed by atoms with Crippen molar-refractivity contribution in [1.82, 2.24) is 9.66 Å². The van der Waals surface area contributed by atoms with Gasteiger partial charge in [-0.1, -0.05) is 0 Å². The first kappa shape index (κ1) is 15.9. The Hall–Kier alpha value is -2.53. The summed E-state index contributed by atoms with van der Waals surface area (Å²) in [5.74, 6) is 1.29. The predicted molar refractivity (Wildman–Crippen MR) is 86.2 cm³/mol. The lowest BCUT2D eigenvalue weighted by Crippen LogP contribution is -2.00. The monoisotopic (exact) mass is 363 g/mol. The molecule has 0 unspecified atom stereocenters. The van der Waals surface area contributed by atoms with Gasteiger partial charge in [-0.15, -0.1) is 0 Å². The number of aromatic nitrogens is 2. The number of halogens is 1. The number of ether oxygens (including phenoxy) is 2. The van der Waals surface area contributed by atoms with Crippen LogP contribution in [0.5, 0.6) is 11.5 Å². The number of nitrogens with zero attached hydrogens (tertiary/aromatic N) is 4. The Labute approximate surface area is 136 Å². The fraction of sp³-hybridized carbons (Fsp3) is 0.214. The first-order chi connectivity index (χ1) is 10.5. The number of nitrogen functional groups attached to an aromatic ring is 1. The van der Waals surface area contributed by atoms with E-state index in [9.17, 15) is 0 Å². The molecule has 0 atom stereocenters. The first-order valence-electron chi connectivity index (χ1n) is 6.28. The third-order valence-corrected chi connectivity index (χ3v) is 3.29. The van der Waals surface area contributed by atoms with E-state index in [1.54, 1.807) is 24.5 Å². The maximum atomic E-state index is 8.60. The van der Waals surface area contributed by atoms with Crippen LogP contribution in [0.25, 0.3) is 0 Å². The maximum Gasteiger partial charge on any atom is 0.221 e. The Bertz CT molecular complexity index is 748. The van der Waals surface area contributed by atoms with Crippen LogP contribution in [0, 0.1) is 18.3 Å². The first-order valence-corrected chi connectivity index (χ1v) is 7.07. The van der Waals surface area contributed by atoms with Crippen LogP contribution in [0.4, 0.5) is 5.95 Å². The molecular weight excluding hydrogens is 350 g/mol. The van der Waals surface area contributed by atoms with E-state index >= 15 is 0 Å². The van der Waals surface area contributed by atoms with E-state index < -0.39 is 0 Å². The average molecular weight is 364 g/mol. The topological polar surface area (TPSA) is 98.4 Å². The van der Waals surface area contributed by atoms with E-state index in [4.69, 9.17) is 20.5 Å². The standard InChI is InChI=1S/C14H14BrN5O2/c1-9-8-20(14(17)19-9)18-7-10-5-11(15)13(22-4-3-16)12(6-10)21-2/h5-8H,4H2,1-2H3,(H2,17,19). The number of hydrogen-bond acceptors (Lipinski definition) is 6. The maximum absolute atomic E-state index is 8.60. The summed E-state index contributed by atoms with van der Waals surface area (Å²) in [5.41, 5.74) is 7.29. The van der Waals surface area contributed by atoms with Gasteiger partial charge in [0, 0.05) is 0 Å². The van der Waals surface area contributed by atoms with E-state index in [0.29, 0.717) is 21.9 Å². The Kier molecular flexibility index (Phi) is 5.01. The van der Waals surface area contributed by atoms with Crippen molar-refractivity contribution in [2.45, 2.75) is 6.92 Å². The summed E-state index contributed by atoms with van der Waals surface area (Å²) in [7, 11) is 1.53. The number of methoxy groups -OCH3 is 1. The van der Waals surface area contributed by atoms with E-state index in [2.05, 4.69) is 26.0 Å². The van der Waals surface area contributed by atoms with Crippen LogP contribution in [0.15, 0.2) is 27.9 Å². The highest BCUT2D eigenvalue weighted by Gasteiger charge is 2.11. The molecule has 8 heteroatoms. The number of aryl methyl sites for hydroxylation is 1. The van der Waals surface area contributed by atoms with E-state index in [0.717, 1.165) is 11.3 Å². The van der Waals surface area contributed by atoms with E-state index in [1.807, 2.05) is 13.0 Å². The van der Waals surface area contributed by atoms with Crippen LogP contribution in [-0.2, 0) is 0 Å². The largest absolute Gasteiger partial charge is 0.493 e. The minimum Gasteiger partial charge on any atom is -0.493 e. The second-order valence-corrected chi connectivity index (χ2v) is 5.16. The van der Waals surface area contributed by atoms with Gasteiger partial charge in [0.2, 0.25) is 5.95 Å². The van der Waals surface area contributed by atoms with Crippen molar-refractivity contribution >= 4 is 28.1 Å². The zero-order valence-corrected chi connectivity index (χ0v) is 13.7. The zero-order chi connectivity index (χ0) is 16.1. The lowest BCUT2D eigenvalue weighted by Gasteiger charge is -2.11. The number of imidazole rings is 1. The summed E-state index contributed by atoms with van der Waals surface area (Å²) in [5, 5.41) is 12.8. The molecule has 0 bridgehead atoms. The van der Waals surface area contributed by atoms with Gasteiger partial charge in [-0.05, 0) is 40.5 Å². The van der Waals surface area contributed by atoms with E-state index in [-0.39, 0.29) is 6.61 Å². The van der Waals surface area contributed by atoms with Gasteiger partial charge in [-0.3, -0.25) is 0 Å². The summed E-state index contributed by atoms with van der Waals surface area (Å²) in [6.07, 6.45) is 3.35. The van der Waals surface area contributed by atoms with Crippen molar-refractivity contribution in [1.29, 1.82) is 5.26 Å². The number of hydrogen-bond donors (Lipinski definition) is 1. The number of rotatable bonds is 5. The molecule has 2 N–H and O–H groups in total. The van der Waals surface area contributed by atoms with Crippen LogP contribution in [-0.4, -0.2) is 29.6 Å². The SMILES string of the molecule is COc1cc(C=Nn2cc(C)nc2N)cc(Br)c1OCC#N. The summed E-state index contributed by atoms with van der Waals surface area (Å²) >= 11 is 3.39. The van der Waals surface area contributed by atoms with Gasteiger partial charge in [0.05, 0.1) is 29.7 Å². The average Bonchev–Trinajstić information content (AvgIpc) is 2.81. The normalized spacial score (nSPS) is 10.6. The highest BCUT2D eigenvalue weighted by molar-refractivity contribution is 9.10. The van der Waals surface area contributed by atoms with Crippen molar-refractivity contribution < 1.29 is 9.47 Å². The molecule has 1 aromatic carbocycles. The Morgan fingerprint density at radius 3 is 2.91 bits per heavy atom. The highest BCUT2D eigenvalue weighted by Crippen LogP contribution is 2.36. The molecule has 1 heterocycles. The third-order valence-electron chi connectivity index (χ3n) is 2.70. The summed E-state index contributed by atoms with van der Waals surface area (Å²) < 4.78 is 12.8. The second kappa shape index (κ2) is 6.95. The number of benzene rings is 1. The molecule has 7 nitrogen and oxygen atoms in total. The fourth-order valence-electron chi connectivity index (χ4n) is 1.78. The minimum absolute atomic E-state index is 0.0623. The van der Waals surface area contributed by atoms with Gasteiger partial charge in [-0.25, -0.2) is 9.66 Å². The molecule has 0 spiro atoms. The molecule has 2 aromatic rings. The van der Waals surface area contributed by atoms with Gasteiger partial charge in [0.1, 0.15) is 6.07 Å². The van der Waals surface area contributed by atoms with Gasteiger partial charge in [-0.2, -0.15) is 10.4 Å². The van der Waals surface area contributed by atoms with Crippen molar-refractivity contribution in [2.75, 3.05) is 19.5 Å². The van der Waals surface area contributed by atoms with Crippen molar-refractivity contribution in [3.8, 4) is 17.6 Å². The molecule has 1 aromatic heterocycles. The molecule has 0 saturated heterocycles. The zero-order valence-electron chi connectivity index (χ0n) is 12.1. The van der Waals surface area contributed by atoms with Gasteiger partial charge in [0.15, 0.2) is 18.1 Å². The van der Waals surface area contributed by atoms with Crippen LogP contribution in [0.1, 0.15) is 11.3 Å². The van der Waals surface area contributed by atoms with Gasteiger partial charge in [0.25, 0.3) is 0 Å². The van der Waals surface area contributed by atoms with Crippen LogP contribution >= 0.6 is 15.9 Å². The molecule has 114 valence electrons. The molecule has 0 saturated carbocycles. The molecule has 0 amide bonds. The molecule has 2 rings (SSSR count). The lowest BCUT2D eigenvalue weighted by atomic mass is 10.2. The molecule has 22 heavy (non-hydrogen) atoms. The minimum atomic E-state index is -0.0623.